The molecule has 0 aliphatic heterocycles. The normalized spacial score (nSPS) is 18.9. The molecule has 3 heteroatoms. The molecule has 0 aromatic carbocycles. The van der Waals surface area contributed by atoms with E-state index in [9.17, 15) is 0 Å². The summed E-state index contributed by atoms with van der Waals surface area (Å²) >= 11 is 1.81. The minimum absolute atomic E-state index is 0.254. The molecular weight excluding hydrogens is 192 g/mol. The molecule has 1 aliphatic carbocycles. The van der Waals surface area contributed by atoms with Crippen LogP contribution in [0.3, 0.4) is 0 Å². The SMILES string of the molecule is CC(C)C(N)Cc1csc(C2CC2)n1. The van der Waals surface area contributed by atoms with Crippen molar-refractivity contribution >= 4 is 11.3 Å². The van der Waals surface area contributed by atoms with E-state index in [0.717, 1.165) is 12.3 Å². The van der Waals surface area contributed by atoms with Crippen molar-refractivity contribution in [1.82, 2.24) is 4.98 Å². The molecule has 1 aromatic heterocycles. The van der Waals surface area contributed by atoms with Gasteiger partial charge in [-0.15, -0.1) is 11.3 Å². The molecule has 2 nitrogen and oxygen atoms in total. The van der Waals surface area contributed by atoms with Crippen LogP contribution in [-0.2, 0) is 6.42 Å². The number of nitrogens with zero attached hydrogens (tertiary/aromatic N) is 1. The second-order valence-electron chi connectivity index (χ2n) is 4.56. The zero-order chi connectivity index (χ0) is 10.1. The van der Waals surface area contributed by atoms with Gasteiger partial charge >= 0.3 is 0 Å². The van der Waals surface area contributed by atoms with E-state index in [4.69, 9.17) is 5.73 Å². The number of hydrogen-bond donors (Lipinski definition) is 1. The van der Waals surface area contributed by atoms with Crippen molar-refractivity contribution in [3.8, 4) is 0 Å². The third kappa shape index (κ3) is 2.34. The van der Waals surface area contributed by atoms with Gasteiger partial charge in [0.2, 0.25) is 0 Å². The molecule has 0 spiro atoms. The van der Waals surface area contributed by atoms with Gasteiger partial charge in [-0.3, -0.25) is 0 Å². The Bertz CT molecular complexity index is 302. The molecule has 0 radical (unpaired) electrons. The lowest BCUT2D eigenvalue weighted by molar-refractivity contribution is 0.487. The Morgan fingerprint density at radius 3 is 2.86 bits per heavy atom. The van der Waals surface area contributed by atoms with Crippen LogP contribution in [0.2, 0.25) is 0 Å². The molecule has 2 rings (SSSR count). The summed E-state index contributed by atoms with van der Waals surface area (Å²) in [5, 5.41) is 3.51. The first-order valence-electron chi connectivity index (χ1n) is 5.36. The topological polar surface area (TPSA) is 38.9 Å². The highest BCUT2D eigenvalue weighted by molar-refractivity contribution is 7.09. The van der Waals surface area contributed by atoms with Gasteiger partial charge in [-0.05, 0) is 18.8 Å². The minimum Gasteiger partial charge on any atom is -0.327 e. The van der Waals surface area contributed by atoms with Crippen molar-refractivity contribution in [2.24, 2.45) is 11.7 Å². The quantitative estimate of drug-likeness (QED) is 0.829. The first-order valence-corrected chi connectivity index (χ1v) is 6.24. The first kappa shape index (κ1) is 10.1. The molecule has 0 bridgehead atoms. The fourth-order valence-corrected chi connectivity index (χ4v) is 2.42. The van der Waals surface area contributed by atoms with Gasteiger partial charge < -0.3 is 5.73 Å². The summed E-state index contributed by atoms with van der Waals surface area (Å²) in [6, 6.07) is 0.254. The Labute approximate surface area is 89.5 Å². The first-order chi connectivity index (χ1) is 6.66. The highest BCUT2D eigenvalue weighted by Gasteiger charge is 2.26. The van der Waals surface area contributed by atoms with E-state index in [0.29, 0.717) is 5.92 Å². The summed E-state index contributed by atoms with van der Waals surface area (Å²) in [5.41, 5.74) is 7.21. The largest absolute Gasteiger partial charge is 0.327 e. The number of nitrogens with two attached hydrogens (primary N) is 1. The highest BCUT2D eigenvalue weighted by atomic mass is 32.1. The van der Waals surface area contributed by atoms with Crippen LogP contribution >= 0.6 is 11.3 Å². The number of thiazole rings is 1. The number of aromatic nitrogens is 1. The molecule has 1 fully saturated rings. The molecule has 0 amide bonds. The standard InChI is InChI=1S/C11H18N2S/c1-7(2)10(12)5-9-6-14-11(13-9)8-3-4-8/h6-8,10H,3-5,12H2,1-2H3. The summed E-state index contributed by atoms with van der Waals surface area (Å²) in [6.07, 6.45) is 3.60. The fourth-order valence-electron chi connectivity index (χ4n) is 1.41. The predicted molar refractivity (Wildman–Crippen MR) is 60.6 cm³/mol. The molecule has 1 aliphatic rings. The molecule has 2 N–H and O–H groups in total. The fraction of sp³-hybridized carbons (Fsp3) is 0.727. The Kier molecular flexibility index (Phi) is 2.88. The van der Waals surface area contributed by atoms with E-state index < -0.39 is 0 Å². The van der Waals surface area contributed by atoms with Gasteiger partial charge in [0, 0.05) is 23.8 Å². The monoisotopic (exact) mass is 210 g/mol. The molecule has 14 heavy (non-hydrogen) atoms. The molecule has 1 unspecified atom stereocenters. The summed E-state index contributed by atoms with van der Waals surface area (Å²) in [7, 11) is 0. The van der Waals surface area contributed by atoms with E-state index >= 15 is 0 Å². The van der Waals surface area contributed by atoms with Gasteiger partial charge in [-0.2, -0.15) is 0 Å². The Morgan fingerprint density at radius 1 is 1.57 bits per heavy atom. The third-order valence-electron chi connectivity index (χ3n) is 2.80. The summed E-state index contributed by atoms with van der Waals surface area (Å²) in [4.78, 5) is 4.63. The molecule has 1 atom stereocenters. The smallest absolute Gasteiger partial charge is 0.0959 e. The molecule has 1 aromatic rings. The molecule has 1 saturated carbocycles. The minimum atomic E-state index is 0.254. The van der Waals surface area contributed by atoms with E-state index in [1.54, 1.807) is 0 Å². The Balaban J connectivity index is 1.95. The van der Waals surface area contributed by atoms with Crippen LogP contribution in [0.15, 0.2) is 5.38 Å². The average molecular weight is 210 g/mol. The molecule has 78 valence electrons. The van der Waals surface area contributed by atoms with Gasteiger partial charge in [0.05, 0.1) is 10.7 Å². The van der Waals surface area contributed by atoms with Crippen LogP contribution in [0, 0.1) is 5.92 Å². The van der Waals surface area contributed by atoms with Crippen molar-refractivity contribution in [2.75, 3.05) is 0 Å². The van der Waals surface area contributed by atoms with Gasteiger partial charge in [0.15, 0.2) is 0 Å². The third-order valence-corrected chi connectivity index (χ3v) is 3.85. The van der Waals surface area contributed by atoms with Gasteiger partial charge in [0.1, 0.15) is 0 Å². The summed E-state index contributed by atoms with van der Waals surface area (Å²) in [5.74, 6) is 1.32. The van der Waals surface area contributed by atoms with E-state index in [1.165, 1.54) is 23.5 Å². The lowest BCUT2D eigenvalue weighted by atomic mass is 10.0. The van der Waals surface area contributed by atoms with Crippen LogP contribution < -0.4 is 5.73 Å². The zero-order valence-electron chi connectivity index (χ0n) is 8.86. The Hall–Kier alpha value is -0.410. The Morgan fingerprint density at radius 2 is 2.29 bits per heavy atom. The van der Waals surface area contributed by atoms with Crippen molar-refractivity contribution in [2.45, 2.75) is 45.1 Å². The van der Waals surface area contributed by atoms with E-state index in [-0.39, 0.29) is 6.04 Å². The molecular formula is C11H18N2S. The van der Waals surface area contributed by atoms with Gasteiger partial charge in [-0.1, -0.05) is 13.8 Å². The maximum atomic E-state index is 6.01. The van der Waals surface area contributed by atoms with Gasteiger partial charge in [-0.25, -0.2) is 4.98 Å². The van der Waals surface area contributed by atoms with Crippen LogP contribution in [-0.4, -0.2) is 11.0 Å². The van der Waals surface area contributed by atoms with Gasteiger partial charge in [0.25, 0.3) is 0 Å². The van der Waals surface area contributed by atoms with Crippen molar-refractivity contribution < 1.29 is 0 Å². The average Bonchev–Trinajstić information content (AvgIpc) is 2.88. The van der Waals surface area contributed by atoms with Crippen LogP contribution in [0.25, 0.3) is 0 Å². The van der Waals surface area contributed by atoms with Crippen LogP contribution in [0.4, 0.5) is 0 Å². The van der Waals surface area contributed by atoms with E-state index in [2.05, 4.69) is 24.2 Å². The number of rotatable bonds is 4. The molecule has 1 heterocycles. The second kappa shape index (κ2) is 3.99. The lowest BCUT2D eigenvalue weighted by Crippen LogP contribution is -2.28. The predicted octanol–water partition coefficient (Wildman–Crippen LogP) is 2.55. The van der Waals surface area contributed by atoms with Crippen LogP contribution in [0.1, 0.15) is 43.3 Å². The number of hydrogen-bond acceptors (Lipinski definition) is 3. The zero-order valence-corrected chi connectivity index (χ0v) is 9.68. The second-order valence-corrected chi connectivity index (χ2v) is 5.45. The van der Waals surface area contributed by atoms with Crippen molar-refractivity contribution in [3.63, 3.8) is 0 Å². The molecule has 0 saturated heterocycles. The highest BCUT2D eigenvalue weighted by Crippen LogP contribution is 2.41. The maximum Gasteiger partial charge on any atom is 0.0959 e. The van der Waals surface area contributed by atoms with E-state index in [1.807, 2.05) is 11.3 Å². The van der Waals surface area contributed by atoms with Crippen LogP contribution in [0.5, 0.6) is 0 Å². The lowest BCUT2D eigenvalue weighted by Gasteiger charge is -2.13. The maximum absolute atomic E-state index is 6.01. The summed E-state index contributed by atoms with van der Waals surface area (Å²) in [6.45, 7) is 4.33. The van der Waals surface area contributed by atoms with Crippen molar-refractivity contribution in [1.29, 1.82) is 0 Å². The van der Waals surface area contributed by atoms with Crippen molar-refractivity contribution in [3.05, 3.63) is 16.1 Å². The summed E-state index contributed by atoms with van der Waals surface area (Å²) < 4.78 is 0.